The number of amides is 1. The number of alkyl halides is 9. The highest BCUT2D eigenvalue weighted by atomic mass is 19.4. The van der Waals surface area contributed by atoms with Gasteiger partial charge in [-0.05, 0) is 13.3 Å². The van der Waals surface area contributed by atoms with E-state index in [9.17, 15) is 49.1 Å². The summed E-state index contributed by atoms with van der Waals surface area (Å²) in [5, 5.41) is 0. The SMILES string of the molecule is CCOC(=O)[C@]12CCC(=O)N1C[C@H](OC(C(F)(F)F)(C(F)(F)F)C(F)(F)F)C2. The maximum Gasteiger partial charge on any atom is 0.435 e. The van der Waals surface area contributed by atoms with E-state index in [0.29, 0.717) is 4.90 Å². The molecule has 2 aliphatic rings. The van der Waals surface area contributed by atoms with Crippen LogP contribution in [0.25, 0.3) is 0 Å². The highest BCUT2D eigenvalue weighted by Crippen LogP contribution is 2.56. The van der Waals surface area contributed by atoms with Gasteiger partial charge >= 0.3 is 30.1 Å². The number of hydrogen-bond acceptors (Lipinski definition) is 4. The van der Waals surface area contributed by atoms with E-state index in [-0.39, 0.29) is 19.4 Å². The van der Waals surface area contributed by atoms with Crippen molar-refractivity contribution in [2.75, 3.05) is 13.2 Å². The molecule has 0 radical (unpaired) electrons. The van der Waals surface area contributed by atoms with Gasteiger partial charge in [-0.25, -0.2) is 4.79 Å². The average molecular weight is 431 g/mol. The molecule has 0 aromatic heterocycles. The van der Waals surface area contributed by atoms with Crippen LogP contribution in [0.2, 0.25) is 0 Å². The Labute approximate surface area is 151 Å². The molecular weight excluding hydrogens is 417 g/mol. The van der Waals surface area contributed by atoms with Gasteiger partial charge in [-0.2, -0.15) is 39.5 Å². The Balaban J connectivity index is 2.45. The van der Waals surface area contributed by atoms with Crippen LogP contribution in [-0.4, -0.2) is 65.7 Å². The number of ether oxygens (including phenoxy) is 2. The van der Waals surface area contributed by atoms with Crippen molar-refractivity contribution in [1.29, 1.82) is 0 Å². The number of hydrogen-bond donors (Lipinski definition) is 0. The van der Waals surface area contributed by atoms with Gasteiger partial charge in [0.15, 0.2) is 0 Å². The van der Waals surface area contributed by atoms with Gasteiger partial charge in [-0.15, -0.1) is 0 Å². The van der Waals surface area contributed by atoms with Gasteiger partial charge < -0.3 is 14.4 Å². The summed E-state index contributed by atoms with van der Waals surface area (Å²) in [5.74, 6) is -1.93. The molecule has 2 atom stereocenters. The van der Waals surface area contributed by atoms with E-state index in [4.69, 9.17) is 4.74 Å². The second kappa shape index (κ2) is 6.66. The van der Waals surface area contributed by atoms with Crippen LogP contribution >= 0.6 is 0 Å². The van der Waals surface area contributed by atoms with E-state index in [0.717, 1.165) is 0 Å². The Hall–Kier alpha value is -1.73. The largest absolute Gasteiger partial charge is 0.464 e. The number of halogens is 9. The Morgan fingerprint density at radius 1 is 1.07 bits per heavy atom. The standard InChI is InChI=1S/C14H14F9NO4/c1-2-27-9(26)10-4-3-8(25)24(10)6-7(5-10)28-11(12(15,16)17,13(18,19)20)14(21,22)23/h7H,2-6H2,1H3/t7-,10-/m1/s1. The third kappa shape index (κ3) is 3.18. The zero-order chi connectivity index (χ0) is 21.8. The molecule has 2 fully saturated rings. The monoisotopic (exact) mass is 431 g/mol. The van der Waals surface area contributed by atoms with Crippen LogP contribution in [0.4, 0.5) is 39.5 Å². The van der Waals surface area contributed by atoms with Crippen molar-refractivity contribution in [3.8, 4) is 0 Å². The van der Waals surface area contributed by atoms with Gasteiger partial charge in [0, 0.05) is 19.4 Å². The molecule has 28 heavy (non-hydrogen) atoms. The smallest absolute Gasteiger partial charge is 0.435 e. The summed E-state index contributed by atoms with van der Waals surface area (Å²) in [5.41, 5.74) is -8.41. The molecule has 1 amide bonds. The summed E-state index contributed by atoms with van der Waals surface area (Å²) in [6.07, 6.45) is -24.6. The number of nitrogens with zero attached hydrogens (tertiary/aromatic N) is 1. The molecule has 0 spiro atoms. The van der Waals surface area contributed by atoms with E-state index in [1.807, 2.05) is 0 Å². The second-order valence-corrected chi connectivity index (χ2v) is 6.37. The molecule has 0 aliphatic carbocycles. The lowest BCUT2D eigenvalue weighted by atomic mass is 9.92. The third-order valence-electron chi connectivity index (χ3n) is 4.72. The van der Waals surface area contributed by atoms with Gasteiger partial charge in [0.1, 0.15) is 5.54 Å². The van der Waals surface area contributed by atoms with Gasteiger partial charge in [-0.3, -0.25) is 4.79 Å². The van der Waals surface area contributed by atoms with Crippen molar-refractivity contribution in [3.05, 3.63) is 0 Å². The maximum atomic E-state index is 13.0. The minimum absolute atomic E-state index is 0.217. The predicted molar refractivity (Wildman–Crippen MR) is 70.7 cm³/mol. The molecule has 14 heteroatoms. The van der Waals surface area contributed by atoms with E-state index < -0.39 is 60.6 Å². The van der Waals surface area contributed by atoms with Crippen molar-refractivity contribution in [2.24, 2.45) is 0 Å². The number of carbonyl (C=O) groups is 2. The fourth-order valence-electron chi connectivity index (χ4n) is 3.53. The van der Waals surface area contributed by atoms with Crippen LogP contribution in [0.3, 0.4) is 0 Å². The zero-order valence-electron chi connectivity index (χ0n) is 14.1. The second-order valence-electron chi connectivity index (χ2n) is 6.37. The molecule has 0 aromatic carbocycles. The van der Waals surface area contributed by atoms with Crippen molar-refractivity contribution < 1.29 is 58.6 Å². The number of fused-ring (bicyclic) bond motifs is 1. The average Bonchev–Trinajstić information content (AvgIpc) is 2.99. The Bertz CT molecular complexity index is 606. The molecule has 0 saturated carbocycles. The Morgan fingerprint density at radius 2 is 1.57 bits per heavy atom. The molecule has 162 valence electrons. The molecule has 2 saturated heterocycles. The van der Waals surface area contributed by atoms with Gasteiger partial charge in [0.2, 0.25) is 5.91 Å². The van der Waals surface area contributed by atoms with Gasteiger partial charge in [-0.1, -0.05) is 0 Å². The van der Waals surface area contributed by atoms with Crippen molar-refractivity contribution in [1.82, 2.24) is 4.90 Å². The summed E-state index contributed by atoms with van der Waals surface area (Å²) in [4.78, 5) is 24.7. The van der Waals surface area contributed by atoms with E-state index in [1.54, 1.807) is 0 Å². The Morgan fingerprint density at radius 3 is 2.00 bits per heavy atom. The summed E-state index contributed by atoms with van der Waals surface area (Å²) in [7, 11) is 0. The number of carbonyl (C=O) groups excluding carboxylic acids is 2. The molecular formula is C14H14F9NO4. The quantitative estimate of drug-likeness (QED) is 0.507. The van der Waals surface area contributed by atoms with Crippen LogP contribution < -0.4 is 0 Å². The van der Waals surface area contributed by atoms with Crippen LogP contribution in [-0.2, 0) is 19.1 Å². The van der Waals surface area contributed by atoms with Crippen molar-refractivity contribution >= 4 is 11.9 Å². The first-order valence-corrected chi connectivity index (χ1v) is 7.89. The van der Waals surface area contributed by atoms with Crippen molar-refractivity contribution in [3.63, 3.8) is 0 Å². The molecule has 0 N–H and O–H groups in total. The van der Waals surface area contributed by atoms with Crippen molar-refractivity contribution in [2.45, 2.75) is 62.0 Å². The van der Waals surface area contributed by atoms with E-state index in [2.05, 4.69) is 4.74 Å². The molecule has 2 rings (SSSR count). The first kappa shape index (κ1) is 22.6. The minimum Gasteiger partial charge on any atom is -0.464 e. The van der Waals surface area contributed by atoms with E-state index in [1.165, 1.54) is 6.92 Å². The Kier molecular flexibility index (Phi) is 5.37. The lowest BCUT2D eigenvalue weighted by Crippen LogP contribution is -2.68. The van der Waals surface area contributed by atoms with Crippen LogP contribution in [0.15, 0.2) is 0 Å². The van der Waals surface area contributed by atoms with E-state index >= 15 is 0 Å². The summed E-state index contributed by atoms with van der Waals surface area (Å²) >= 11 is 0. The lowest BCUT2D eigenvalue weighted by Gasteiger charge is -2.39. The highest BCUT2D eigenvalue weighted by molar-refractivity contribution is 5.92. The minimum atomic E-state index is -6.89. The lowest BCUT2D eigenvalue weighted by molar-refractivity contribution is -0.463. The maximum absolute atomic E-state index is 13.0. The zero-order valence-corrected chi connectivity index (χ0v) is 14.1. The molecule has 2 aliphatic heterocycles. The highest BCUT2D eigenvalue weighted by Gasteiger charge is 2.86. The van der Waals surface area contributed by atoms with Gasteiger partial charge in [0.25, 0.3) is 0 Å². The fraction of sp³-hybridized carbons (Fsp3) is 0.857. The summed E-state index contributed by atoms with van der Waals surface area (Å²) < 4.78 is 126. The normalized spacial score (nSPS) is 26.6. The fourth-order valence-corrected chi connectivity index (χ4v) is 3.53. The van der Waals surface area contributed by atoms with Crippen LogP contribution in [0.1, 0.15) is 26.2 Å². The number of esters is 1. The summed E-state index contributed by atoms with van der Waals surface area (Å²) in [6.45, 7) is 0.105. The van der Waals surface area contributed by atoms with Crippen LogP contribution in [0.5, 0.6) is 0 Å². The molecule has 2 heterocycles. The first-order valence-electron chi connectivity index (χ1n) is 7.89. The molecule has 5 nitrogen and oxygen atoms in total. The van der Waals surface area contributed by atoms with Crippen LogP contribution in [0, 0.1) is 0 Å². The summed E-state index contributed by atoms with van der Waals surface area (Å²) in [6, 6.07) is 0. The topological polar surface area (TPSA) is 55.8 Å². The number of rotatable bonds is 4. The third-order valence-corrected chi connectivity index (χ3v) is 4.72. The molecule has 0 bridgehead atoms. The molecule has 0 aromatic rings. The predicted octanol–water partition coefficient (Wildman–Crippen LogP) is 3.13. The van der Waals surface area contributed by atoms with Gasteiger partial charge in [0.05, 0.1) is 12.7 Å². The molecule has 0 unspecified atom stereocenters. The first-order chi connectivity index (χ1) is 12.5.